The molecule has 180 valence electrons. The predicted molar refractivity (Wildman–Crippen MR) is 128 cm³/mol. The van der Waals surface area contributed by atoms with Gasteiger partial charge in [-0.15, -0.1) is 0 Å². The van der Waals surface area contributed by atoms with Crippen LogP contribution in [0.4, 0.5) is 10.5 Å². The van der Waals surface area contributed by atoms with Crippen LogP contribution in [0.15, 0.2) is 66.9 Å². The summed E-state index contributed by atoms with van der Waals surface area (Å²) in [7, 11) is 1.41. The lowest BCUT2D eigenvalue weighted by Crippen LogP contribution is -2.57. The van der Waals surface area contributed by atoms with E-state index in [1.165, 1.54) is 32.4 Å². The van der Waals surface area contributed by atoms with E-state index in [2.05, 4.69) is 15.6 Å². The summed E-state index contributed by atoms with van der Waals surface area (Å²) in [6.45, 7) is 1.49. The molecule has 1 aliphatic rings. The van der Waals surface area contributed by atoms with Crippen molar-refractivity contribution in [2.24, 2.45) is 0 Å². The van der Waals surface area contributed by atoms with Gasteiger partial charge in [-0.3, -0.25) is 4.79 Å². The van der Waals surface area contributed by atoms with Crippen molar-refractivity contribution < 1.29 is 29.0 Å². The number of nitrogens with zero attached hydrogens (tertiary/aromatic N) is 1. The zero-order valence-electron chi connectivity index (χ0n) is 19.3. The Balaban J connectivity index is 1.43. The Morgan fingerprint density at radius 1 is 1.00 bits per heavy atom. The number of ether oxygens (including phenoxy) is 2. The number of carbonyl (C=O) groups is 3. The first-order valence-corrected chi connectivity index (χ1v) is 11.0. The van der Waals surface area contributed by atoms with E-state index in [1.807, 2.05) is 48.5 Å². The molecule has 0 spiro atoms. The lowest BCUT2D eigenvalue weighted by atomic mass is 9.98. The Morgan fingerprint density at radius 2 is 1.63 bits per heavy atom. The van der Waals surface area contributed by atoms with Crippen LogP contribution < -0.4 is 10.6 Å². The third kappa shape index (κ3) is 4.99. The first-order valence-electron chi connectivity index (χ1n) is 11.0. The lowest BCUT2D eigenvalue weighted by Gasteiger charge is -2.28. The van der Waals surface area contributed by atoms with Gasteiger partial charge in [0.25, 0.3) is 5.91 Å². The van der Waals surface area contributed by atoms with Crippen molar-refractivity contribution in [3.63, 3.8) is 0 Å². The molecule has 1 aliphatic carbocycles. The fraction of sp³-hybridized carbons (Fsp3) is 0.231. The van der Waals surface area contributed by atoms with Crippen LogP contribution in [0, 0.1) is 0 Å². The molecule has 35 heavy (non-hydrogen) atoms. The number of benzene rings is 2. The number of anilines is 1. The smallest absolute Gasteiger partial charge is 0.408 e. The maximum atomic E-state index is 13.0. The second-order valence-corrected chi connectivity index (χ2v) is 8.41. The van der Waals surface area contributed by atoms with Crippen molar-refractivity contribution in [3.8, 4) is 11.1 Å². The number of carboxylic acids is 1. The van der Waals surface area contributed by atoms with E-state index >= 15 is 0 Å². The summed E-state index contributed by atoms with van der Waals surface area (Å²) >= 11 is 0. The molecule has 0 bridgehead atoms. The van der Waals surface area contributed by atoms with Crippen LogP contribution >= 0.6 is 0 Å². The molecule has 0 fully saturated rings. The lowest BCUT2D eigenvalue weighted by molar-refractivity contribution is -0.123. The van der Waals surface area contributed by atoms with Crippen LogP contribution in [0.3, 0.4) is 0 Å². The SMILES string of the molecule is COCC(C)(NC(=O)OCC1c2ccccc2-c2ccccc21)C(=O)Nc1ccc(C(=O)O)nc1. The monoisotopic (exact) mass is 475 g/mol. The van der Waals surface area contributed by atoms with Gasteiger partial charge in [0.15, 0.2) is 0 Å². The number of nitrogens with one attached hydrogen (secondary N) is 2. The van der Waals surface area contributed by atoms with Gasteiger partial charge in [0.05, 0.1) is 18.5 Å². The summed E-state index contributed by atoms with van der Waals surface area (Å²) in [5, 5.41) is 14.2. The largest absolute Gasteiger partial charge is 0.477 e. The van der Waals surface area contributed by atoms with Gasteiger partial charge in [-0.25, -0.2) is 14.6 Å². The number of aromatic nitrogens is 1. The van der Waals surface area contributed by atoms with Crippen molar-refractivity contribution in [1.82, 2.24) is 10.3 Å². The molecule has 2 aromatic carbocycles. The number of aromatic carboxylic acids is 1. The summed E-state index contributed by atoms with van der Waals surface area (Å²) in [6, 6.07) is 18.7. The van der Waals surface area contributed by atoms with E-state index in [0.29, 0.717) is 0 Å². The quantitative estimate of drug-likeness (QED) is 0.454. The molecule has 3 N–H and O–H groups in total. The number of fused-ring (bicyclic) bond motifs is 3. The minimum absolute atomic E-state index is 0.102. The van der Waals surface area contributed by atoms with Crippen molar-refractivity contribution in [2.45, 2.75) is 18.4 Å². The Hall–Kier alpha value is -4.24. The van der Waals surface area contributed by atoms with Crippen LogP contribution in [-0.4, -0.2) is 53.9 Å². The molecule has 1 heterocycles. The van der Waals surface area contributed by atoms with E-state index in [1.54, 1.807) is 0 Å². The molecule has 1 atom stereocenters. The van der Waals surface area contributed by atoms with Crippen LogP contribution in [0.2, 0.25) is 0 Å². The van der Waals surface area contributed by atoms with Gasteiger partial charge in [0, 0.05) is 13.0 Å². The first-order chi connectivity index (χ1) is 16.8. The fourth-order valence-electron chi connectivity index (χ4n) is 4.17. The number of amides is 2. The summed E-state index contributed by atoms with van der Waals surface area (Å²) in [4.78, 5) is 40.4. The zero-order chi connectivity index (χ0) is 25.0. The normalized spacial score (nSPS) is 13.8. The van der Waals surface area contributed by atoms with Crippen molar-refractivity contribution in [3.05, 3.63) is 83.7 Å². The number of rotatable bonds is 8. The molecule has 2 amide bonds. The van der Waals surface area contributed by atoms with Gasteiger partial charge < -0.3 is 25.2 Å². The van der Waals surface area contributed by atoms with E-state index in [0.717, 1.165) is 22.3 Å². The van der Waals surface area contributed by atoms with E-state index < -0.39 is 23.5 Å². The highest BCUT2D eigenvalue weighted by atomic mass is 16.5. The maximum absolute atomic E-state index is 13.0. The average Bonchev–Trinajstić information content (AvgIpc) is 3.17. The topological polar surface area (TPSA) is 127 Å². The standard InChI is InChI=1S/C26H25N3O6/c1-26(15-34-2,24(32)28-16-11-12-22(23(30)31)27-13-16)29-25(33)35-14-21-19-9-5-3-7-17(19)18-8-4-6-10-20(18)21/h3-13,21H,14-15H2,1-2H3,(H,28,32)(H,29,33)(H,30,31). The van der Waals surface area contributed by atoms with Gasteiger partial charge in [-0.1, -0.05) is 48.5 Å². The number of hydrogen-bond acceptors (Lipinski definition) is 6. The van der Waals surface area contributed by atoms with Crippen LogP contribution in [-0.2, 0) is 14.3 Å². The number of methoxy groups -OCH3 is 1. The molecule has 0 radical (unpaired) electrons. The highest BCUT2D eigenvalue weighted by molar-refractivity contribution is 6.00. The van der Waals surface area contributed by atoms with E-state index in [9.17, 15) is 14.4 Å². The first kappa shape index (κ1) is 23.9. The second kappa shape index (κ2) is 9.94. The van der Waals surface area contributed by atoms with Gasteiger partial charge in [0.1, 0.15) is 17.8 Å². The molecule has 3 aromatic rings. The molecule has 0 saturated carbocycles. The third-order valence-corrected chi connectivity index (χ3v) is 5.90. The maximum Gasteiger partial charge on any atom is 0.408 e. The average molecular weight is 476 g/mol. The Kier molecular flexibility index (Phi) is 6.79. The Bertz CT molecular complexity index is 1210. The molecule has 9 nitrogen and oxygen atoms in total. The van der Waals surface area contributed by atoms with Crippen LogP contribution in [0.1, 0.15) is 34.5 Å². The number of pyridine rings is 1. The molecule has 4 rings (SSSR count). The Morgan fingerprint density at radius 3 is 2.17 bits per heavy atom. The summed E-state index contributed by atoms with van der Waals surface area (Å²) in [5.41, 5.74) is 3.05. The van der Waals surface area contributed by atoms with E-state index in [4.69, 9.17) is 14.6 Å². The molecule has 0 aliphatic heterocycles. The molecule has 0 saturated heterocycles. The molecular weight excluding hydrogens is 450 g/mol. The fourth-order valence-corrected chi connectivity index (χ4v) is 4.17. The van der Waals surface area contributed by atoms with Crippen molar-refractivity contribution >= 4 is 23.7 Å². The third-order valence-electron chi connectivity index (χ3n) is 5.90. The number of carbonyl (C=O) groups excluding carboxylic acids is 2. The highest BCUT2D eigenvalue weighted by Gasteiger charge is 2.37. The van der Waals surface area contributed by atoms with Crippen LogP contribution in [0.25, 0.3) is 11.1 Å². The molecular formula is C26H25N3O6. The molecule has 1 aromatic heterocycles. The summed E-state index contributed by atoms with van der Waals surface area (Å²) in [6.07, 6.45) is 0.461. The summed E-state index contributed by atoms with van der Waals surface area (Å²) < 4.78 is 10.7. The van der Waals surface area contributed by atoms with Gasteiger partial charge in [-0.05, 0) is 41.3 Å². The number of hydrogen-bond donors (Lipinski definition) is 3. The molecule has 9 heteroatoms. The minimum atomic E-state index is -1.46. The highest BCUT2D eigenvalue weighted by Crippen LogP contribution is 2.44. The minimum Gasteiger partial charge on any atom is -0.477 e. The summed E-state index contributed by atoms with van der Waals surface area (Å²) in [5.74, 6) is -1.86. The number of carboxylic acid groups (broad SMARTS) is 1. The van der Waals surface area contributed by atoms with Gasteiger partial charge in [0.2, 0.25) is 0 Å². The van der Waals surface area contributed by atoms with Gasteiger partial charge in [-0.2, -0.15) is 0 Å². The zero-order valence-corrected chi connectivity index (χ0v) is 19.3. The molecule has 1 unspecified atom stereocenters. The van der Waals surface area contributed by atoms with Crippen LogP contribution in [0.5, 0.6) is 0 Å². The van der Waals surface area contributed by atoms with E-state index in [-0.39, 0.29) is 30.5 Å². The van der Waals surface area contributed by atoms with Crippen molar-refractivity contribution in [1.29, 1.82) is 0 Å². The van der Waals surface area contributed by atoms with Gasteiger partial charge >= 0.3 is 12.1 Å². The number of alkyl carbamates (subject to hydrolysis) is 1. The second-order valence-electron chi connectivity index (χ2n) is 8.41. The predicted octanol–water partition coefficient (Wildman–Crippen LogP) is 3.66. The van der Waals surface area contributed by atoms with Crippen molar-refractivity contribution in [2.75, 3.05) is 25.6 Å². The Labute approximate surface area is 202 Å².